The molecule has 2 heteroatoms. The van der Waals surface area contributed by atoms with Crippen molar-refractivity contribution in [1.82, 2.24) is 0 Å². The Morgan fingerprint density at radius 3 is 2.62 bits per heavy atom. The summed E-state index contributed by atoms with van der Waals surface area (Å²) in [7, 11) is 0. The summed E-state index contributed by atoms with van der Waals surface area (Å²) in [5, 5.41) is 15.8. The van der Waals surface area contributed by atoms with Gasteiger partial charge >= 0.3 is 0 Å². The van der Waals surface area contributed by atoms with E-state index in [2.05, 4.69) is 6.58 Å². The number of aliphatic hydroxyl groups excluding tert-OH is 1. The van der Waals surface area contributed by atoms with Crippen LogP contribution < -0.4 is 0 Å². The predicted molar refractivity (Wildman–Crippen MR) is 34.2 cm³/mol. The number of rotatable bonds is 3. The van der Waals surface area contributed by atoms with Crippen molar-refractivity contribution in [1.29, 1.82) is 5.41 Å². The molecule has 0 spiro atoms. The second kappa shape index (κ2) is 3.38. The third-order valence-corrected chi connectivity index (χ3v) is 0.966. The molecule has 1 unspecified atom stereocenters. The average molecular weight is 113 g/mol. The highest BCUT2D eigenvalue weighted by molar-refractivity contribution is 5.95. The van der Waals surface area contributed by atoms with E-state index in [1.54, 1.807) is 0 Å². The van der Waals surface area contributed by atoms with Crippen molar-refractivity contribution < 1.29 is 5.11 Å². The van der Waals surface area contributed by atoms with E-state index in [1.165, 1.54) is 6.08 Å². The summed E-state index contributed by atoms with van der Waals surface area (Å²) in [5.41, 5.74) is 0.201. The zero-order valence-electron chi connectivity index (χ0n) is 5.02. The second-order valence-electron chi connectivity index (χ2n) is 1.58. The maximum absolute atomic E-state index is 8.83. The first-order chi connectivity index (χ1) is 3.72. The molecule has 0 aliphatic heterocycles. The van der Waals surface area contributed by atoms with Gasteiger partial charge in [-0.05, 0) is 12.5 Å². The van der Waals surface area contributed by atoms with Gasteiger partial charge < -0.3 is 10.5 Å². The Morgan fingerprint density at radius 1 is 2.00 bits per heavy atom. The minimum atomic E-state index is -0.618. The largest absolute Gasteiger partial charge is 0.387 e. The topological polar surface area (TPSA) is 44.1 Å². The molecule has 0 aromatic heterocycles. The maximum atomic E-state index is 8.83. The number of aliphatic hydroxyl groups is 1. The Hall–Kier alpha value is -0.630. The van der Waals surface area contributed by atoms with Gasteiger partial charge in [0.05, 0.1) is 11.8 Å². The molecule has 0 bridgehead atoms. The van der Waals surface area contributed by atoms with Gasteiger partial charge in [0.1, 0.15) is 0 Å². The van der Waals surface area contributed by atoms with E-state index in [-0.39, 0.29) is 5.71 Å². The van der Waals surface area contributed by atoms with Crippen LogP contribution in [0.3, 0.4) is 0 Å². The standard InChI is InChI=1S/C6H11NO/c1-3-5(7)6(8)4-2/h3,6-8H,1,4H2,2H3. The molecule has 0 heterocycles. The fourth-order valence-corrected chi connectivity index (χ4v) is 0.356. The third kappa shape index (κ3) is 1.89. The lowest BCUT2D eigenvalue weighted by molar-refractivity contribution is 0.237. The zero-order chi connectivity index (χ0) is 6.57. The molecule has 0 rings (SSSR count). The van der Waals surface area contributed by atoms with Gasteiger partial charge in [0.15, 0.2) is 0 Å². The Bertz CT molecular complexity index is 98.7. The molecule has 0 fully saturated rings. The van der Waals surface area contributed by atoms with Gasteiger partial charge in [0.2, 0.25) is 0 Å². The first-order valence-corrected chi connectivity index (χ1v) is 2.61. The normalized spacial score (nSPS) is 12.8. The van der Waals surface area contributed by atoms with E-state index in [0.717, 1.165) is 0 Å². The van der Waals surface area contributed by atoms with E-state index in [0.29, 0.717) is 6.42 Å². The molecule has 0 saturated carbocycles. The zero-order valence-corrected chi connectivity index (χ0v) is 5.02. The van der Waals surface area contributed by atoms with Gasteiger partial charge in [0, 0.05) is 0 Å². The van der Waals surface area contributed by atoms with Crippen LogP contribution in [0.4, 0.5) is 0 Å². The van der Waals surface area contributed by atoms with Crippen LogP contribution in [0.5, 0.6) is 0 Å². The molecule has 0 aliphatic rings. The molecule has 0 amide bonds. The van der Waals surface area contributed by atoms with Crippen LogP contribution in [0.25, 0.3) is 0 Å². The van der Waals surface area contributed by atoms with E-state index < -0.39 is 6.10 Å². The smallest absolute Gasteiger partial charge is 0.0949 e. The summed E-state index contributed by atoms with van der Waals surface area (Å²) in [6.45, 7) is 5.17. The maximum Gasteiger partial charge on any atom is 0.0949 e. The molecule has 0 radical (unpaired) electrons. The van der Waals surface area contributed by atoms with Crippen molar-refractivity contribution in [2.45, 2.75) is 19.4 Å². The van der Waals surface area contributed by atoms with Gasteiger partial charge in [-0.2, -0.15) is 0 Å². The van der Waals surface area contributed by atoms with Crippen LogP contribution in [0.1, 0.15) is 13.3 Å². The molecule has 2 N–H and O–H groups in total. The van der Waals surface area contributed by atoms with Crippen LogP contribution in [-0.4, -0.2) is 16.9 Å². The van der Waals surface area contributed by atoms with Crippen LogP contribution in [0.15, 0.2) is 12.7 Å². The SMILES string of the molecule is C=CC(=N)C(O)CC. The molecule has 46 valence electrons. The number of hydrogen-bond donors (Lipinski definition) is 2. The van der Waals surface area contributed by atoms with Crippen LogP contribution in [0, 0.1) is 5.41 Å². The van der Waals surface area contributed by atoms with Gasteiger partial charge in [-0.3, -0.25) is 0 Å². The highest BCUT2D eigenvalue weighted by atomic mass is 16.3. The van der Waals surface area contributed by atoms with E-state index in [1.807, 2.05) is 6.92 Å². The van der Waals surface area contributed by atoms with Gasteiger partial charge in [-0.25, -0.2) is 0 Å². The lowest BCUT2D eigenvalue weighted by atomic mass is 10.2. The van der Waals surface area contributed by atoms with Crippen molar-refractivity contribution in [3.63, 3.8) is 0 Å². The van der Waals surface area contributed by atoms with Crippen LogP contribution >= 0.6 is 0 Å². The summed E-state index contributed by atoms with van der Waals surface area (Å²) < 4.78 is 0. The minimum absolute atomic E-state index is 0.201. The highest BCUT2D eigenvalue weighted by Gasteiger charge is 2.01. The molecule has 2 nitrogen and oxygen atoms in total. The Morgan fingerprint density at radius 2 is 2.50 bits per heavy atom. The lowest BCUT2D eigenvalue weighted by Crippen LogP contribution is -2.14. The summed E-state index contributed by atoms with van der Waals surface area (Å²) in [4.78, 5) is 0. The van der Waals surface area contributed by atoms with Gasteiger partial charge in [-0.15, -0.1) is 0 Å². The first kappa shape index (κ1) is 7.37. The molecular formula is C6H11NO. The van der Waals surface area contributed by atoms with Crippen molar-refractivity contribution in [3.05, 3.63) is 12.7 Å². The van der Waals surface area contributed by atoms with E-state index in [9.17, 15) is 0 Å². The fraction of sp³-hybridized carbons (Fsp3) is 0.500. The molecule has 0 aromatic rings. The number of hydrogen-bond acceptors (Lipinski definition) is 2. The Balaban J connectivity index is 3.62. The fourth-order valence-electron chi connectivity index (χ4n) is 0.356. The Labute approximate surface area is 49.4 Å². The van der Waals surface area contributed by atoms with Crippen molar-refractivity contribution in [2.24, 2.45) is 0 Å². The van der Waals surface area contributed by atoms with Crippen molar-refractivity contribution in [3.8, 4) is 0 Å². The molecule has 8 heavy (non-hydrogen) atoms. The quantitative estimate of drug-likeness (QED) is 0.526. The van der Waals surface area contributed by atoms with Crippen LogP contribution in [-0.2, 0) is 0 Å². The first-order valence-electron chi connectivity index (χ1n) is 2.61. The predicted octanol–water partition coefficient (Wildman–Crippen LogP) is 0.963. The van der Waals surface area contributed by atoms with Gasteiger partial charge in [0.25, 0.3) is 0 Å². The van der Waals surface area contributed by atoms with Crippen LogP contribution in [0.2, 0.25) is 0 Å². The molecule has 0 saturated heterocycles. The number of nitrogens with one attached hydrogen (secondary N) is 1. The van der Waals surface area contributed by atoms with E-state index in [4.69, 9.17) is 10.5 Å². The molecular weight excluding hydrogens is 102 g/mol. The highest BCUT2D eigenvalue weighted by Crippen LogP contribution is 1.91. The lowest BCUT2D eigenvalue weighted by Gasteiger charge is -2.02. The average Bonchev–Trinajstić information content (AvgIpc) is 1.84. The van der Waals surface area contributed by atoms with Crippen molar-refractivity contribution in [2.75, 3.05) is 0 Å². The molecule has 0 aliphatic carbocycles. The summed E-state index contributed by atoms with van der Waals surface area (Å²) >= 11 is 0. The van der Waals surface area contributed by atoms with Gasteiger partial charge in [-0.1, -0.05) is 13.5 Å². The van der Waals surface area contributed by atoms with Crippen molar-refractivity contribution >= 4 is 5.71 Å². The molecule has 1 atom stereocenters. The minimum Gasteiger partial charge on any atom is -0.387 e. The second-order valence-corrected chi connectivity index (χ2v) is 1.58. The van der Waals surface area contributed by atoms with E-state index >= 15 is 0 Å². The molecule has 0 aromatic carbocycles. The summed E-state index contributed by atoms with van der Waals surface area (Å²) in [5.74, 6) is 0. The summed E-state index contributed by atoms with van der Waals surface area (Å²) in [6.07, 6.45) is 1.33. The monoisotopic (exact) mass is 113 g/mol. The third-order valence-electron chi connectivity index (χ3n) is 0.966. The Kier molecular flexibility index (Phi) is 3.12. The summed E-state index contributed by atoms with van der Waals surface area (Å²) in [6, 6.07) is 0.